The van der Waals surface area contributed by atoms with Crippen LogP contribution in [0.5, 0.6) is 0 Å². The lowest BCUT2D eigenvalue weighted by Crippen LogP contribution is -2.30. The molecule has 0 saturated carbocycles. The summed E-state index contributed by atoms with van der Waals surface area (Å²) in [5, 5.41) is -1.11. The van der Waals surface area contributed by atoms with Gasteiger partial charge >= 0.3 is 0 Å². The fraction of sp³-hybridized carbons (Fsp3) is 0. The highest BCUT2D eigenvalue weighted by molar-refractivity contribution is 7.39. The highest BCUT2D eigenvalue weighted by Crippen LogP contribution is 2.18. The monoisotopic (exact) mass is 266 g/mol. The minimum absolute atomic E-state index is 1.11. The molecule has 0 radical (unpaired) electrons. The Morgan fingerprint density at radius 3 is 1.21 bits per heavy atom. The van der Waals surface area contributed by atoms with Gasteiger partial charge in [-0.05, 0) is 0 Å². The molecule has 0 nitrogen and oxygen atoms in total. The lowest BCUT2D eigenvalue weighted by Gasteiger charge is -2.06. The van der Waals surface area contributed by atoms with Crippen molar-refractivity contribution in [1.29, 1.82) is 0 Å². The molecule has 0 unspecified atom stereocenters. The molecule has 0 aliphatic carbocycles. The Morgan fingerprint density at radius 2 is 0.929 bits per heavy atom. The predicted molar refractivity (Wildman–Crippen MR) is 44.7 cm³/mol. The van der Waals surface area contributed by atoms with E-state index < -0.39 is 41.7 Å². The van der Waals surface area contributed by atoms with E-state index in [9.17, 15) is 22.0 Å². The molecule has 0 aromatic heterocycles. The SMILES string of the molecule is Fc1c(F)c(F)c([SiH](Cl)Cl)c(F)c1F. The van der Waals surface area contributed by atoms with Crippen molar-refractivity contribution in [2.75, 3.05) is 0 Å². The van der Waals surface area contributed by atoms with Crippen LogP contribution in [-0.4, -0.2) is 7.42 Å². The van der Waals surface area contributed by atoms with Gasteiger partial charge in [0.2, 0.25) is 5.82 Å². The minimum Gasteiger partial charge on any atom is -0.204 e. The third kappa shape index (κ3) is 1.73. The van der Waals surface area contributed by atoms with Crippen LogP contribution in [0, 0.1) is 29.1 Å². The Hall–Kier alpha value is -0.333. The summed E-state index contributed by atoms with van der Waals surface area (Å²) in [7, 11) is -3.14. The van der Waals surface area contributed by atoms with Crippen LogP contribution in [0.15, 0.2) is 0 Å². The maximum absolute atomic E-state index is 12.8. The van der Waals surface area contributed by atoms with E-state index in [0.717, 1.165) is 0 Å². The summed E-state index contributed by atoms with van der Waals surface area (Å²) in [5.74, 6) is -10.2. The first-order chi connectivity index (χ1) is 6.37. The first-order valence-electron chi connectivity index (χ1n) is 3.17. The molecule has 0 aliphatic rings. The topological polar surface area (TPSA) is 0 Å². The molecule has 0 aliphatic heterocycles. The number of benzene rings is 1. The molecule has 0 spiro atoms. The zero-order chi connectivity index (χ0) is 11.0. The highest BCUT2D eigenvalue weighted by Gasteiger charge is 2.29. The third-order valence-electron chi connectivity index (χ3n) is 1.46. The maximum Gasteiger partial charge on any atom is 0.272 e. The van der Waals surface area contributed by atoms with Crippen molar-refractivity contribution in [2.45, 2.75) is 0 Å². The number of hydrogen-bond acceptors (Lipinski definition) is 0. The number of hydrogen-bond donors (Lipinski definition) is 0. The van der Waals surface area contributed by atoms with Crippen molar-refractivity contribution in [1.82, 2.24) is 0 Å². The van der Waals surface area contributed by atoms with Gasteiger partial charge < -0.3 is 0 Å². The van der Waals surface area contributed by atoms with E-state index in [1.54, 1.807) is 0 Å². The van der Waals surface area contributed by atoms with Crippen molar-refractivity contribution >= 4 is 34.8 Å². The molecular weight excluding hydrogens is 266 g/mol. The van der Waals surface area contributed by atoms with Gasteiger partial charge in [0.1, 0.15) is 0 Å². The second-order valence-electron chi connectivity index (χ2n) is 2.28. The van der Waals surface area contributed by atoms with Gasteiger partial charge in [0.15, 0.2) is 23.3 Å². The molecule has 1 rings (SSSR count). The van der Waals surface area contributed by atoms with Crippen LogP contribution in [-0.2, 0) is 0 Å². The fourth-order valence-electron chi connectivity index (χ4n) is 0.813. The van der Waals surface area contributed by atoms with E-state index in [2.05, 4.69) is 0 Å². The quantitative estimate of drug-likeness (QED) is 0.241. The first kappa shape index (κ1) is 11.7. The molecular formula is C6HCl2F5Si. The van der Waals surface area contributed by atoms with Gasteiger partial charge in [0.05, 0.1) is 0 Å². The zero-order valence-corrected chi connectivity index (χ0v) is 8.89. The minimum atomic E-state index is -3.14. The second kappa shape index (κ2) is 4.04. The van der Waals surface area contributed by atoms with Crippen LogP contribution >= 0.6 is 22.2 Å². The summed E-state index contributed by atoms with van der Waals surface area (Å²) in [5.41, 5.74) is 0. The molecule has 1 aromatic carbocycles. The summed E-state index contributed by atoms with van der Waals surface area (Å²) in [6.07, 6.45) is 0. The molecule has 0 fully saturated rings. The number of rotatable bonds is 1. The van der Waals surface area contributed by atoms with E-state index in [4.69, 9.17) is 22.2 Å². The van der Waals surface area contributed by atoms with Gasteiger partial charge in [-0.25, -0.2) is 22.0 Å². The molecule has 8 heteroatoms. The van der Waals surface area contributed by atoms with Gasteiger partial charge in [0.25, 0.3) is 7.42 Å². The van der Waals surface area contributed by atoms with Crippen LogP contribution in [0.4, 0.5) is 22.0 Å². The van der Waals surface area contributed by atoms with Gasteiger partial charge in [0, 0.05) is 5.19 Å². The molecule has 0 atom stereocenters. The van der Waals surface area contributed by atoms with Crippen molar-refractivity contribution in [3.8, 4) is 0 Å². The Kier molecular flexibility index (Phi) is 3.39. The molecule has 14 heavy (non-hydrogen) atoms. The standard InChI is InChI=1S/C6HCl2F5Si/c7-14(8)6-4(12)2(10)1(9)3(11)5(6)13/h14H. The molecule has 0 bridgehead atoms. The average Bonchev–Trinajstić information content (AvgIpc) is 2.11. The third-order valence-corrected chi connectivity index (χ3v) is 3.71. The van der Waals surface area contributed by atoms with Gasteiger partial charge in [-0.15, -0.1) is 22.2 Å². The van der Waals surface area contributed by atoms with Crippen LogP contribution in [0.3, 0.4) is 0 Å². The summed E-state index contributed by atoms with van der Waals surface area (Å²) in [6, 6.07) is 0. The smallest absolute Gasteiger partial charge is 0.204 e. The Morgan fingerprint density at radius 1 is 0.643 bits per heavy atom. The first-order valence-corrected chi connectivity index (χ1v) is 7.24. The normalized spacial score (nSPS) is 11.1. The highest BCUT2D eigenvalue weighted by atomic mass is 35.7. The van der Waals surface area contributed by atoms with Crippen LogP contribution in [0.1, 0.15) is 0 Å². The second-order valence-corrected chi connectivity index (χ2v) is 6.75. The largest absolute Gasteiger partial charge is 0.272 e. The summed E-state index contributed by atoms with van der Waals surface area (Å²) >= 11 is 10.4. The van der Waals surface area contributed by atoms with Crippen LogP contribution < -0.4 is 5.19 Å². The molecule has 0 heterocycles. The zero-order valence-electron chi connectivity index (χ0n) is 6.22. The van der Waals surface area contributed by atoms with Gasteiger partial charge in [-0.2, -0.15) is 0 Å². The van der Waals surface area contributed by atoms with Crippen LogP contribution in [0.2, 0.25) is 0 Å². The van der Waals surface area contributed by atoms with Crippen molar-refractivity contribution in [3.63, 3.8) is 0 Å². The molecule has 1 aromatic rings. The maximum atomic E-state index is 12.8. The van der Waals surface area contributed by atoms with Gasteiger partial charge in [-0.3, -0.25) is 0 Å². The predicted octanol–water partition coefficient (Wildman–Crippen LogP) is 2.29. The van der Waals surface area contributed by atoms with E-state index in [1.807, 2.05) is 0 Å². The van der Waals surface area contributed by atoms with E-state index in [-0.39, 0.29) is 0 Å². The summed E-state index contributed by atoms with van der Waals surface area (Å²) in [4.78, 5) is 0. The Balaban J connectivity index is 3.60. The summed E-state index contributed by atoms with van der Waals surface area (Å²) in [6.45, 7) is 0. The van der Waals surface area contributed by atoms with Crippen molar-refractivity contribution < 1.29 is 22.0 Å². The molecule has 78 valence electrons. The van der Waals surface area contributed by atoms with Crippen LogP contribution in [0.25, 0.3) is 0 Å². The van der Waals surface area contributed by atoms with Crippen molar-refractivity contribution in [3.05, 3.63) is 29.1 Å². The van der Waals surface area contributed by atoms with Gasteiger partial charge in [-0.1, -0.05) is 0 Å². The lowest BCUT2D eigenvalue weighted by atomic mass is 10.3. The lowest BCUT2D eigenvalue weighted by molar-refractivity contribution is 0.384. The average molecular weight is 267 g/mol. The van der Waals surface area contributed by atoms with Crippen molar-refractivity contribution in [2.24, 2.45) is 0 Å². The summed E-state index contributed by atoms with van der Waals surface area (Å²) < 4.78 is 63.1. The Labute approximate surface area is 86.3 Å². The molecule has 0 amide bonds. The van der Waals surface area contributed by atoms with E-state index >= 15 is 0 Å². The fourth-order valence-corrected chi connectivity index (χ4v) is 2.60. The van der Waals surface area contributed by atoms with E-state index in [0.29, 0.717) is 0 Å². The Bertz CT molecular complexity index is 352. The molecule has 0 N–H and O–H groups in total. The van der Waals surface area contributed by atoms with E-state index in [1.165, 1.54) is 0 Å². The number of halogens is 7. The molecule has 0 saturated heterocycles.